The van der Waals surface area contributed by atoms with Crippen molar-refractivity contribution in [3.05, 3.63) is 106 Å². The molecule has 18 heteroatoms. The molecule has 4 rings (SSSR count). The number of aliphatic hydroxyl groups is 1. The quantitative estimate of drug-likeness (QED) is 0.0718. The Hall–Kier alpha value is -4.28. The average Bonchev–Trinajstić information content (AvgIpc) is 3.83. The van der Waals surface area contributed by atoms with Gasteiger partial charge in [0, 0.05) is 24.2 Å². The van der Waals surface area contributed by atoms with Gasteiger partial charge >= 0.3 is 18.5 Å². The smallest absolute Gasteiger partial charge is 0.389 e. The SMILES string of the molecule is Cc1ccc(C(CCC(F)(F)F)N=[N+]=[N-])o1.Cc1ccc(C(N)CCC(F)(F)F)o1.Cc1ccc(C(O)CCC(F)(F)F)o1.Cc1ccco1. The van der Waals surface area contributed by atoms with Crippen LogP contribution in [0.1, 0.15) is 97.0 Å². The fourth-order valence-corrected chi connectivity index (χ4v) is 3.80. The molecule has 0 bridgehead atoms. The van der Waals surface area contributed by atoms with E-state index in [2.05, 4.69) is 10.0 Å². The lowest BCUT2D eigenvalue weighted by Crippen LogP contribution is -2.15. The van der Waals surface area contributed by atoms with Crippen LogP contribution in [0.4, 0.5) is 39.5 Å². The first-order valence-corrected chi connectivity index (χ1v) is 15.0. The van der Waals surface area contributed by atoms with E-state index in [1.807, 2.05) is 19.1 Å². The van der Waals surface area contributed by atoms with Crippen LogP contribution >= 0.6 is 0 Å². The van der Waals surface area contributed by atoms with Gasteiger partial charge in [-0.25, -0.2) is 0 Å². The van der Waals surface area contributed by atoms with Crippen LogP contribution in [0.5, 0.6) is 0 Å². The van der Waals surface area contributed by atoms with Gasteiger partial charge in [-0.1, -0.05) is 5.11 Å². The van der Waals surface area contributed by atoms with Gasteiger partial charge < -0.3 is 28.5 Å². The monoisotopic (exact) mass is 730 g/mol. The lowest BCUT2D eigenvalue weighted by molar-refractivity contribution is -0.140. The first-order valence-electron chi connectivity index (χ1n) is 15.0. The molecule has 3 unspecified atom stereocenters. The van der Waals surface area contributed by atoms with E-state index < -0.39 is 56.0 Å². The molecular formula is C32H39F9N4O5. The predicted octanol–water partition coefficient (Wildman–Crippen LogP) is 11.8. The van der Waals surface area contributed by atoms with Crippen molar-refractivity contribution in [2.24, 2.45) is 10.8 Å². The Labute approximate surface area is 281 Å². The Morgan fingerprint density at radius 3 is 1.46 bits per heavy atom. The van der Waals surface area contributed by atoms with E-state index in [4.69, 9.17) is 28.9 Å². The van der Waals surface area contributed by atoms with Gasteiger partial charge in [-0.3, -0.25) is 0 Å². The summed E-state index contributed by atoms with van der Waals surface area (Å²) in [6, 6.07) is 11.7. The van der Waals surface area contributed by atoms with Gasteiger partial charge in [-0.05, 0) is 101 Å². The van der Waals surface area contributed by atoms with E-state index in [0.29, 0.717) is 23.0 Å². The number of hydrogen-bond donors (Lipinski definition) is 2. The second-order valence-electron chi connectivity index (χ2n) is 10.9. The molecule has 0 radical (unpaired) electrons. The summed E-state index contributed by atoms with van der Waals surface area (Å²) in [5, 5.41) is 12.6. The van der Waals surface area contributed by atoms with Crippen LogP contribution < -0.4 is 5.73 Å². The number of hydrogen-bond acceptors (Lipinski definition) is 7. The van der Waals surface area contributed by atoms with Crippen LogP contribution in [0.25, 0.3) is 10.4 Å². The van der Waals surface area contributed by atoms with E-state index >= 15 is 0 Å². The molecule has 0 amide bonds. The first-order chi connectivity index (χ1) is 23.1. The second kappa shape index (κ2) is 20.4. The number of nitrogens with two attached hydrogens (primary N) is 1. The minimum Gasteiger partial charge on any atom is -0.470 e. The summed E-state index contributed by atoms with van der Waals surface area (Å²) in [6.45, 7) is 6.97. The molecule has 0 aromatic carbocycles. The van der Waals surface area contributed by atoms with Gasteiger partial charge in [0.1, 0.15) is 46.4 Å². The number of nitrogens with zero attached hydrogens (tertiary/aromatic N) is 3. The van der Waals surface area contributed by atoms with Crippen molar-refractivity contribution < 1.29 is 62.3 Å². The molecule has 4 aromatic rings. The van der Waals surface area contributed by atoms with Crippen LogP contribution in [0, 0.1) is 27.7 Å². The number of rotatable bonds is 10. The molecular weight excluding hydrogens is 691 g/mol. The van der Waals surface area contributed by atoms with E-state index in [9.17, 15) is 44.6 Å². The summed E-state index contributed by atoms with van der Waals surface area (Å²) in [5.74, 6) is 3.63. The fraction of sp³-hybridized carbons (Fsp3) is 0.500. The van der Waals surface area contributed by atoms with Crippen LogP contribution in [-0.4, -0.2) is 23.6 Å². The average molecular weight is 731 g/mol. The maximum atomic E-state index is 12.0. The number of aryl methyl sites for hydroxylation is 4. The summed E-state index contributed by atoms with van der Waals surface area (Å²) in [7, 11) is 0. The van der Waals surface area contributed by atoms with Gasteiger partial charge in [0.05, 0.1) is 18.3 Å². The second-order valence-corrected chi connectivity index (χ2v) is 10.9. The summed E-state index contributed by atoms with van der Waals surface area (Å²) in [6.07, 6.45) is -15.9. The molecule has 3 atom stereocenters. The van der Waals surface area contributed by atoms with Gasteiger partial charge in [0.2, 0.25) is 0 Å². The summed E-state index contributed by atoms with van der Waals surface area (Å²) in [4.78, 5) is 2.52. The number of aliphatic hydroxyl groups excluding tert-OH is 1. The maximum absolute atomic E-state index is 12.0. The third-order valence-electron chi connectivity index (χ3n) is 6.30. The van der Waals surface area contributed by atoms with Crippen molar-refractivity contribution in [1.82, 2.24) is 0 Å². The van der Waals surface area contributed by atoms with E-state index in [-0.39, 0.29) is 30.8 Å². The molecule has 9 nitrogen and oxygen atoms in total. The largest absolute Gasteiger partial charge is 0.470 e. The van der Waals surface area contributed by atoms with Crippen LogP contribution in [0.15, 0.2) is 77.6 Å². The molecule has 0 saturated carbocycles. The summed E-state index contributed by atoms with van der Waals surface area (Å²) < 4.78 is 127. The Bertz CT molecular complexity index is 1470. The Morgan fingerprint density at radius 1 is 0.660 bits per heavy atom. The molecule has 4 heterocycles. The molecule has 0 aliphatic rings. The fourth-order valence-electron chi connectivity index (χ4n) is 3.80. The minimum atomic E-state index is -4.26. The van der Waals surface area contributed by atoms with E-state index in [0.717, 1.165) is 5.76 Å². The van der Waals surface area contributed by atoms with Crippen molar-refractivity contribution in [2.75, 3.05) is 0 Å². The van der Waals surface area contributed by atoms with Crippen molar-refractivity contribution in [3.63, 3.8) is 0 Å². The Morgan fingerprint density at radius 2 is 1.10 bits per heavy atom. The van der Waals surface area contributed by atoms with Gasteiger partial charge in [0.25, 0.3) is 0 Å². The lowest BCUT2D eigenvalue weighted by atomic mass is 10.1. The third kappa shape index (κ3) is 20.3. The van der Waals surface area contributed by atoms with Gasteiger partial charge in [-0.15, -0.1) is 0 Å². The molecule has 0 saturated heterocycles. The first kappa shape index (κ1) is 43.7. The third-order valence-corrected chi connectivity index (χ3v) is 6.30. The molecule has 4 aromatic heterocycles. The van der Waals surface area contributed by atoms with E-state index in [1.54, 1.807) is 51.3 Å². The Balaban J connectivity index is 0.000000346. The number of furan rings is 4. The zero-order valence-electron chi connectivity index (χ0n) is 27.6. The van der Waals surface area contributed by atoms with Gasteiger partial charge in [0.15, 0.2) is 0 Å². The highest BCUT2D eigenvalue weighted by atomic mass is 19.4. The number of azide groups is 1. The highest BCUT2D eigenvalue weighted by molar-refractivity contribution is 5.10. The van der Waals surface area contributed by atoms with Crippen molar-refractivity contribution in [2.45, 2.75) is 103 Å². The van der Waals surface area contributed by atoms with Crippen LogP contribution in [0.3, 0.4) is 0 Å². The van der Waals surface area contributed by atoms with Crippen molar-refractivity contribution in [1.29, 1.82) is 0 Å². The van der Waals surface area contributed by atoms with Crippen LogP contribution in [0.2, 0.25) is 0 Å². The molecule has 0 aliphatic carbocycles. The molecule has 0 fully saturated rings. The van der Waals surface area contributed by atoms with Crippen LogP contribution in [-0.2, 0) is 0 Å². The number of alkyl halides is 9. The standard InChI is InChI=1S/C9H10F3N3O.C9H12F3NO.C9H11F3O2.C5H6O/c1-6-2-3-8(16-6)7(14-15-13)4-5-9(10,11)12;2*1-6-2-3-8(14-6)7(13)4-5-9(10,11)12;1-5-3-2-4-6-5/h2-3,7H,4-5H2,1H3;2-3,7H,4-5,13H2,1H3;2-3,7,13H,4-5H2,1H3;2-4H,1H3. The molecule has 3 N–H and O–H groups in total. The zero-order valence-corrected chi connectivity index (χ0v) is 27.6. The minimum absolute atomic E-state index is 0.142. The molecule has 50 heavy (non-hydrogen) atoms. The lowest BCUT2D eigenvalue weighted by Gasteiger charge is -2.10. The molecule has 0 aliphatic heterocycles. The highest BCUT2D eigenvalue weighted by Crippen LogP contribution is 2.31. The zero-order chi connectivity index (χ0) is 38.1. The van der Waals surface area contributed by atoms with Gasteiger partial charge in [-0.2, -0.15) is 39.5 Å². The molecule has 0 spiro atoms. The highest BCUT2D eigenvalue weighted by Gasteiger charge is 2.30. The summed E-state index contributed by atoms with van der Waals surface area (Å²) >= 11 is 0. The van der Waals surface area contributed by atoms with Crippen molar-refractivity contribution in [3.8, 4) is 0 Å². The maximum Gasteiger partial charge on any atom is 0.389 e. The van der Waals surface area contributed by atoms with E-state index in [1.165, 1.54) is 12.1 Å². The molecule has 280 valence electrons. The van der Waals surface area contributed by atoms with Crippen molar-refractivity contribution >= 4 is 0 Å². The Kier molecular flexibility index (Phi) is 17.9. The topological polar surface area (TPSA) is 148 Å². The normalized spacial score (nSPS) is 13.3. The predicted molar refractivity (Wildman–Crippen MR) is 163 cm³/mol. The number of halogens is 9. The summed E-state index contributed by atoms with van der Waals surface area (Å²) in [5.41, 5.74) is 13.8.